The van der Waals surface area contributed by atoms with Crippen molar-refractivity contribution in [1.82, 2.24) is 0 Å². The lowest BCUT2D eigenvalue weighted by atomic mass is 10.3. The van der Waals surface area contributed by atoms with E-state index in [0.717, 1.165) is 5.69 Å². The fourth-order valence-electron chi connectivity index (χ4n) is 0.598. The molecule has 0 heterocycles. The van der Waals surface area contributed by atoms with Gasteiger partial charge in [0.05, 0.1) is 5.69 Å². The maximum absolute atomic E-state index is 4.66. The average Bonchev–Trinajstić information content (AvgIpc) is 2.03. The van der Waals surface area contributed by atoms with Crippen LogP contribution in [0.15, 0.2) is 30.3 Å². The van der Waals surface area contributed by atoms with E-state index >= 15 is 0 Å². The Balaban J connectivity index is 2.50. The van der Waals surface area contributed by atoms with Crippen molar-refractivity contribution < 1.29 is 4.84 Å². The molecule has 0 aliphatic heterocycles. The number of anilines is 1. The average molecular weight is 153 g/mol. The first-order chi connectivity index (χ1) is 4.93. The van der Waals surface area contributed by atoms with Crippen LogP contribution in [0.1, 0.15) is 0 Å². The van der Waals surface area contributed by atoms with E-state index in [-0.39, 0.29) is 0 Å². The van der Waals surface area contributed by atoms with Crippen LogP contribution < -0.4 is 5.48 Å². The van der Waals surface area contributed by atoms with E-state index in [0.29, 0.717) is 0 Å². The third kappa shape index (κ3) is 2.03. The first-order valence-electron chi connectivity index (χ1n) is 2.84. The van der Waals surface area contributed by atoms with Crippen molar-refractivity contribution in [3.8, 4) is 0 Å². The molecule has 0 amide bonds. The lowest BCUT2D eigenvalue weighted by molar-refractivity contribution is 0.422. The first-order valence-corrected chi connectivity index (χ1v) is 3.31. The summed E-state index contributed by atoms with van der Waals surface area (Å²) in [7, 11) is 0. The van der Waals surface area contributed by atoms with Crippen molar-refractivity contribution in [1.29, 1.82) is 0 Å². The summed E-state index contributed by atoms with van der Waals surface area (Å²) in [5.41, 5.74) is 4.70. The zero-order valence-corrected chi connectivity index (χ0v) is 6.10. The molecule has 0 aliphatic rings. The van der Waals surface area contributed by atoms with Crippen LogP contribution in [0.2, 0.25) is 0 Å². The summed E-state index contributed by atoms with van der Waals surface area (Å²) >= 11 is 4.44. The number of para-hydroxylation sites is 1. The van der Waals surface area contributed by atoms with Gasteiger partial charge in [-0.15, -0.1) is 0 Å². The van der Waals surface area contributed by atoms with Crippen molar-refractivity contribution in [2.24, 2.45) is 0 Å². The number of hydrogen-bond acceptors (Lipinski definition) is 3. The molecule has 0 radical (unpaired) electrons. The second-order valence-corrected chi connectivity index (χ2v) is 1.87. The van der Waals surface area contributed by atoms with Crippen LogP contribution >= 0.6 is 12.2 Å². The predicted octanol–water partition coefficient (Wildman–Crippen LogP) is 1.99. The van der Waals surface area contributed by atoms with Gasteiger partial charge >= 0.3 is 0 Å². The third-order valence-corrected chi connectivity index (χ3v) is 1.09. The summed E-state index contributed by atoms with van der Waals surface area (Å²) in [5, 5.41) is 0. The fourth-order valence-corrected chi connectivity index (χ4v) is 0.646. The number of hydrogen-bond donors (Lipinski definition) is 1. The molecule has 1 aromatic carbocycles. The van der Waals surface area contributed by atoms with E-state index in [1.54, 1.807) is 0 Å². The van der Waals surface area contributed by atoms with Gasteiger partial charge in [0.15, 0.2) is 5.55 Å². The summed E-state index contributed by atoms with van der Waals surface area (Å²) in [5.74, 6) is 0. The molecule has 52 valence electrons. The maximum Gasteiger partial charge on any atom is 0.182 e. The Kier molecular flexibility index (Phi) is 2.70. The van der Waals surface area contributed by atoms with Crippen molar-refractivity contribution in [3.05, 3.63) is 30.3 Å². The van der Waals surface area contributed by atoms with Gasteiger partial charge in [0.1, 0.15) is 0 Å². The Morgan fingerprint density at radius 3 is 2.60 bits per heavy atom. The van der Waals surface area contributed by atoms with E-state index in [1.807, 2.05) is 30.3 Å². The minimum atomic E-state index is 0.892. The molecule has 0 atom stereocenters. The zero-order valence-electron chi connectivity index (χ0n) is 5.28. The van der Waals surface area contributed by atoms with Crippen LogP contribution in [-0.2, 0) is 4.84 Å². The molecule has 1 aromatic rings. The molecular weight excluding hydrogens is 146 g/mol. The summed E-state index contributed by atoms with van der Waals surface area (Å²) in [6.45, 7) is 0. The Labute approximate surface area is 64.8 Å². The summed E-state index contributed by atoms with van der Waals surface area (Å²) < 4.78 is 0. The molecule has 0 unspecified atom stereocenters. The topological polar surface area (TPSA) is 21.3 Å². The summed E-state index contributed by atoms with van der Waals surface area (Å²) in [6, 6.07) is 9.53. The smallest absolute Gasteiger partial charge is 0.182 e. The van der Waals surface area contributed by atoms with Crippen LogP contribution in [0.3, 0.4) is 0 Å². The highest BCUT2D eigenvalue weighted by molar-refractivity contribution is 7.78. The molecule has 10 heavy (non-hydrogen) atoms. The Bertz CT molecular complexity index is 200. The standard InChI is InChI=1S/C7H7NOS/c10-6-9-8-7-4-2-1-3-5-7/h1-6,8H. The van der Waals surface area contributed by atoms with Gasteiger partial charge in [0.2, 0.25) is 0 Å². The van der Waals surface area contributed by atoms with Gasteiger partial charge in [0.25, 0.3) is 0 Å². The minimum Gasteiger partial charge on any atom is -0.378 e. The largest absolute Gasteiger partial charge is 0.378 e. The molecule has 0 fully saturated rings. The molecule has 0 aromatic heterocycles. The van der Waals surface area contributed by atoms with Gasteiger partial charge in [-0.05, 0) is 24.4 Å². The van der Waals surface area contributed by atoms with E-state index in [1.165, 1.54) is 5.55 Å². The Morgan fingerprint density at radius 1 is 1.30 bits per heavy atom. The van der Waals surface area contributed by atoms with Crippen molar-refractivity contribution in [2.45, 2.75) is 0 Å². The van der Waals surface area contributed by atoms with Gasteiger partial charge in [-0.3, -0.25) is 0 Å². The van der Waals surface area contributed by atoms with Gasteiger partial charge in [-0.1, -0.05) is 18.2 Å². The van der Waals surface area contributed by atoms with Crippen LogP contribution in [0.4, 0.5) is 5.69 Å². The van der Waals surface area contributed by atoms with E-state index in [9.17, 15) is 0 Å². The highest BCUT2D eigenvalue weighted by atomic mass is 32.1. The van der Waals surface area contributed by atoms with Crippen LogP contribution in [0, 0.1) is 0 Å². The molecule has 3 heteroatoms. The third-order valence-electron chi connectivity index (χ3n) is 0.999. The van der Waals surface area contributed by atoms with Crippen molar-refractivity contribution in [2.75, 3.05) is 5.48 Å². The molecule has 1 rings (SSSR count). The number of nitrogens with one attached hydrogen (secondary N) is 1. The molecule has 2 nitrogen and oxygen atoms in total. The van der Waals surface area contributed by atoms with Crippen LogP contribution in [-0.4, -0.2) is 5.55 Å². The van der Waals surface area contributed by atoms with Gasteiger partial charge < -0.3 is 4.84 Å². The van der Waals surface area contributed by atoms with Gasteiger partial charge in [-0.25, -0.2) is 5.48 Å². The molecule has 0 saturated heterocycles. The normalized spacial score (nSPS) is 8.40. The first kappa shape index (κ1) is 7.02. The van der Waals surface area contributed by atoms with E-state index in [2.05, 4.69) is 22.5 Å². The summed E-state index contributed by atoms with van der Waals surface area (Å²) in [4.78, 5) is 4.66. The SMILES string of the molecule is S=CONc1ccccc1. The molecule has 1 N–H and O–H groups in total. The van der Waals surface area contributed by atoms with E-state index in [4.69, 9.17) is 0 Å². The lowest BCUT2D eigenvalue weighted by Gasteiger charge is -2.00. The second-order valence-electron chi connectivity index (χ2n) is 1.68. The monoisotopic (exact) mass is 153 g/mol. The molecular formula is C7H7NOS. The molecule has 0 aliphatic carbocycles. The number of thiocarbonyl (C=S) groups is 1. The zero-order chi connectivity index (χ0) is 7.23. The highest BCUT2D eigenvalue weighted by Crippen LogP contribution is 2.03. The molecule has 0 bridgehead atoms. The lowest BCUT2D eigenvalue weighted by Crippen LogP contribution is -1.96. The molecule has 0 spiro atoms. The maximum atomic E-state index is 4.66. The van der Waals surface area contributed by atoms with Gasteiger partial charge in [0, 0.05) is 0 Å². The number of rotatable bonds is 3. The second kappa shape index (κ2) is 3.85. The molecule has 0 saturated carbocycles. The van der Waals surface area contributed by atoms with Crippen molar-refractivity contribution in [3.63, 3.8) is 0 Å². The van der Waals surface area contributed by atoms with Crippen LogP contribution in [0.25, 0.3) is 0 Å². The fraction of sp³-hybridized carbons (Fsp3) is 0. The Morgan fingerprint density at radius 2 is 2.00 bits per heavy atom. The minimum absolute atomic E-state index is 0.892. The van der Waals surface area contributed by atoms with Crippen LogP contribution in [0.5, 0.6) is 0 Å². The van der Waals surface area contributed by atoms with Crippen molar-refractivity contribution >= 4 is 23.5 Å². The van der Waals surface area contributed by atoms with Gasteiger partial charge in [-0.2, -0.15) is 0 Å². The number of benzene rings is 1. The Hall–Kier alpha value is -1.09. The summed E-state index contributed by atoms with van der Waals surface area (Å²) in [6.07, 6.45) is 0. The highest BCUT2D eigenvalue weighted by Gasteiger charge is 1.83. The quantitative estimate of drug-likeness (QED) is 0.530. The predicted molar refractivity (Wildman–Crippen MR) is 44.8 cm³/mol. The van der Waals surface area contributed by atoms with E-state index < -0.39 is 0 Å².